The van der Waals surface area contributed by atoms with Gasteiger partial charge in [0.2, 0.25) is 0 Å². The van der Waals surface area contributed by atoms with Crippen molar-refractivity contribution in [2.24, 2.45) is 0 Å². The molecule has 0 aliphatic carbocycles. The Hall–Kier alpha value is -1.88. The Bertz CT molecular complexity index is 691. The number of pyridine rings is 1. The van der Waals surface area contributed by atoms with E-state index >= 15 is 0 Å². The molecule has 1 aliphatic rings. The minimum Gasteiger partial charge on any atom is -0.396 e. The number of rotatable bonds is 3. The topological polar surface area (TPSA) is 57.8 Å². The molecule has 1 aliphatic heterocycles. The fraction of sp³-hybridized carbons (Fsp3) is 0.529. The zero-order valence-electron chi connectivity index (χ0n) is 13.2. The predicted octanol–water partition coefficient (Wildman–Crippen LogP) is 2.33. The second-order valence-corrected chi connectivity index (χ2v) is 6.14. The number of hydrogen-bond donors (Lipinski definition) is 1. The lowest BCUT2D eigenvalue weighted by Gasteiger charge is -2.35. The number of aromatic nitrogens is 2. The first-order valence-corrected chi connectivity index (χ1v) is 7.99. The van der Waals surface area contributed by atoms with Crippen LogP contribution in [0.1, 0.15) is 47.4 Å². The van der Waals surface area contributed by atoms with E-state index in [0.29, 0.717) is 12.1 Å². The second-order valence-electron chi connectivity index (χ2n) is 6.14. The van der Waals surface area contributed by atoms with Crippen LogP contribution >= 0.6 is 0 Å². The van der Waals surface area contributed by atoms with E-state index in [9.17, 15) is 9.90 Å². The molecule has 1 atom stereocenters. The van der Waals surface area contributed by atoms with E-state index in [1.807, 2.05) is 41.5 Å². The molecule has 1 N–H and O–H groups in total. The summed E-state index contributed by atoms with van der Waals surface area (Å²) in [6.45, 7) is 4.80. The molecule has 3 heterocycles. The molecule has 0 radical (unpaired) electrons. The molecule has 0 spiro atoms. The minimum absolute atomic E-state index is 0.0343. The molecule has 1 unspecified atom stereocenters. The van der Waals surface area contributed by atoms with Gasteiger partial charge in [-0.3, -0.25) is 9.20 Å². The summed E-state index contributed by atoms with van der Waals surface area (Å²) in [6, 6.07) is 4.12. The van der Waals surface area contributed by atoms with E-state index in [2.05, 4.69) is 4.98 Å². The highest BCUT2D eigenvalue weighted by atomic mass is 16.3. The highest BCUT2D eigenvalue weighted by molar-refractivity contribution is 5.95. The van der Waals surface area contributed by atoms with E-state index < -0.39 is 0 Å². The van der Waals surface area contributed by atoms with Gasteiger partial charge < -0.3 is 10.0 Å². The zero-order chi connectivity index (χ0) is 15.7. The fourth-order valence-electron chi connectivity index (χ4n) is 3.37. The van der Waals surface area contributed by atoms with Crippen LogP contribution in [0, 0.1) is 13.8 Å². The van der Waals surface area contributed by atoms with Gasteiger partial charge in [-0.25, -0.2) is 4.98 Å². The molecule has 5 nitrogen and oxygen atoms in total. The average Bonchev–Trinajstić information content (AvgIpc) is 2.82. The predicted molar refractivity (Wildman–Crippen MR) is 85.0 cm³/mol. The lowest BCUT2D eigenvalue weighted by atomic mass is 9.99. The zero-order valence-corrected chi connectivity index (χ0v) is 13.2. The maximum atomic E-state index is 13.0. The normalized spacial score (nSPS) is 18.9. The van der Waals surface area contributed by atoms with Crippen molar-refractivity contribution in [3.05, 3.63) is 35.3 Å². The number of carbonyl (C=O) groups is 1. The van der Waals surface area contributed by atoms with Gasteiger partial charge in [0.15, 0.2) is 0 Å². The largest absolute Gasteiger partial charge is 0.396 e. The fourth-order valence-corrected chi connectivity index (χ4v) is 3.37. The van der Waals surface area contributed by atoms with Gasteiger partial charge in [-0.1, -0.05) is 0 Å². The number of carbonyl (C=O) groups excluding carboxylic acids is 1. The number of likely N-dealkylation sites (tertiary alicyclic amines) is 1. The van der Waals surface area contributed by atoms with E-state index in [1.54, 1.807) is 0 Å². The van der Waals surface area contributed by atoms with Crippen molar-refractivity contribution >= 4 is 11.6 Å². The van der Waals surface area contributed by atoms with E-state index in [1.165, 1.54) is 0 Å². The lowest BCUT2D eigenvalue weighted by molar-refractivity contribution is 0.0567. The van der Waals surface area contributed by atoms with Crippen LogP contribution in [-0.4, -0.2) is 44.5 Å². The third kappa shape index (κ3) is 2.61. The number of imidazole rings is 1. The van der Waals surface area contributed by atoms with Crippen LogP contribution in [0.3, 0.4) is 0 Å². The molecule has 22 heavy (non-hydrogen) atoms. The average molecular weight is 301 g/mol. The van der Waals surface area contributed by atoms with E-state index in [0.717, 1.165) is 42.7 Å². The number of nitrogens with zero attached hydrogens (tertiary/aromatic N) is 3. The summed E-state index contributed by atoms with van der Waals surface area (Å²) in [4.78, 5) is 19.5. The Kier molecular flexibility index (Phi) is 4.16. The molecule has 0 aromatic carbocycles. The van der Waals surface area contributed by atoms with Gasteiger partial charge >= 0.3 is 0 Å². The van der Waals surface area contributed by atoms with Crippen LogP contribution in [0.4, 0.5) is 0 Å². The highest BCUT2D eigenvalue weighted by Crippen LogP contribution is 2.23. The van der Waals surface area contributed by atoms with Crippen molar-refractivity contribution in [2.45, 2.75) is 45.6 Å². The molecule has 118 valence electrons. The van der Waals surface area contributed by atoms with Gasteiger partial charge in [0.25, 0.3) is 5.91 Å². The Labute approximate surface area is 130 Å². The molecule has 5 heteroatoms. The Balaban J connectivity index is 1.99. The van der Waals surface area contributed by atoms with Crippen molar-refractivity contribution in [1.29, 1.82) is 0 Å². The van der Waals surface area contributed by atoms with Gasteiger partial charge in [0, 0.05) is 25.4 Å². The van der Waals surface area contributed by atoms with Crippen molar-refractivity contribution in [3.8, 4) is 0 Å². The first kappa shape index (κ1) is 15.0. The maximum absolute atomic E-state index is 13.0. The standard InChI is InChI=1S/C17H23N3O2/c1-12-6-9-20-15(11-12)18-13(2)16(20)17(22)19-8-4-3-5-14(19)7-10-21/h6,9,11,14,21H,3-5,7-8,10H2,1-2H3. The summed E-state index contributed by atoms with van der Waals surface area (Å²) < 4.78 is 1.88. The molecule has 1 fully saturated rings. The molecular formula is C17H23N3O2. The summed E-state index contributed by atoms with van der Waals surface area (Å²) in [5.74, 6) is 0.0343. The molecular weight excluding hydrogens is 278 g/mol. The number of hydrogen-bond acceptors (Lipinski definition) is 3. The number of aliphatic hydroxyl groups is 1. The molecule has 0 saturated carbocycles. The van der Waals surface area contributed by atoms with Gasteiger partial charge in [-0.15, -0.1) is 0 Å². The SMILES string of the molecule is Cc1ccn2c(C(=O)N3CCCCC3CCO)c(C)nc2c1. The summed E-state index contributed by atoms with van der Waals surface area (Å²) >= 11 is 0. The molecule has 2 aromatic heterocycles. The second kappa shape index (κ2) is 6.08. The third-order valence-corrected chi connectivity index (χ3v) is 4.51. The number of piperidine rings is 1. The number of aryl methyl sites for hydroxylation is 2. The van der Waals surface area contributed by atoms with Gasteiger partial charge in [0.1, 0.15) is 11.3 Å². The van der Waals surface area contributed by atoms with Crippen molar-refractivity contribution in [1.82, 2.24) is 14.3 Å². The minimum atomic E-state index is 0.0343. The molecule has 2 aromatic rings. The first-order chi connectivity index (χ1) is 10.6. The third-order valence-electron chi connectivity index (χ3n) is 4.51. The van der Waals surface area contributed by atoms with Crippen LogP contribution in [0.15, 0.2) is 18.3 Å². The van der Waals surface area contributed by atoms with Gasteiger partial charge in [0.05, 0.1) is 5.69 Å². The molecule has 1 amide bonds. The first-order valence-electron chi connectivity index (χ1n) is 7.99. The summed E-state index contributed by atoms with van der Waals surface area (Å²) in [7, 11) is 0. The summed E-state index contributed by atoms with van der Waals surface area (Å²) in [5.41, 5.74) is 3.37. The highest BCUT2D eigenvalue weighted by Gasteiger charge is 2.30. The Morgan fingerprint density at radius 2 is 2.23 bits per heavy atom. The number of fused-ring (bicyclic) bond motifs is 1. The quantitative estimate of drug-likeness (QED) is 0.946. The van der Waals surface area contributed by atoms with Crippen LogP contribution in [0.25, 0.3) is 5.65 Å². The number of aliphatic hydroxyl groups excluding tert-OH is 1. The maximum Gasteiger partial charge on any atom is 0.273 e. The monoisotopic (exact) mass is 301 g/mol. The van der Waals surface area contributed by atoms with Crippen molar-refractivity contribution in [3.63, 3.8) is 0 Å². The Morgan fingerprint density at radius 1 is 1.41 bits per heavy atom. The summed E-state index contributed by atoms with van der Waals surface area (Å²) in [5, 5.41) is 9.25. The molecule has 1 saturated heterocycles. The molecule has 0 bridgehead atoms. The van der Waals surface area contributed by atoms with Crippen LogP contribution in [0.2, 0.25) is 0 Å². The van der Waals surface area contributed by atoms with Crippen LogP contribution in [0.5, 0.6) is 0 Å². The molecule has 3 rings (SSSR count). The van der Waals surface area contributed by atoms with Crippen molar-refractivity contribution in [2.75, 3.05) is 13.2 Å². The van der Waals surface area contributed by atoms with E-state index in [4.69, 9.17) is 0 Å². The number of amides is 1. The van der Waals surface area contributed by atoms with E-state index in [-0.39, 0.29) is 18.6 Å². The van der Waals surface area contributed by atoms with Gasteiger partial charge in [-0.2, -0.15) is 0 Å². The van der Waals surface area contributed by atoms with Crippen molar-refractivity contribution < 1.29 is 9.90 Å². The van der Waals surface area contributed by atoms with Crippen LogP contribution < -0.4 is 0 Å². The Morgan fingerprint density at radius 3 is 3.00 bits per heavy atom. The summed E-state index contributed by atoms with van der Waals surface area (Å²) in [6.07, 6.45) is 5.70. The lowest BCUT2D eigenvalue weighted by Crippen LogP contribution is -2.44. The van der Waals surface area contributed by atoms with Crippen LogP contribution in [-0.2, 0) is 0 Å². The van der Waals surface area contributed by atoms with Gasteiger partial charge in [-0.05, 0) is 57.2 Å². The smallest absolute Gasteiger partial charge is 0.273 e.